The summed E-state index contributed by atoms with van der Waals surface area (Å²) in [6.45, 7) is 0. The SMILES string of the molecule is FC1(F)SSN=C1Cl. The Balaban J connectivity index is 2.73. The third kappa shape index (κ3) is 1.09. The van der Waals surface area contributed by atoms with Gasteiger partial charge in [-0.2, -0.15) is 13.2 Å². The van der Waals surface area contributed by atoms with Gasteiger partial charge in [-0.25, -0.2) is 0 Å². The molecule has 46 valence electrons. The highest BCUT2D eigenvalue weighted by atomic mass is 35.5. The van der Waals surface area contributed by atoms with Gasteiger partial charge in [0.15, 0.2) is 5.17 Å². The highest BCUT2D eigenvalue weighted by molar-refractivity contribution is 8.77. The normalized spacial score (nSPS) is 25.6. The first-order valence-electron chi connectivity index (χ1n) is 1.59. The third-order valence-corrected chi connectivity index (χ3v) is 2.84. The summed E-state index contributed by atoms with van der Waals surface area (Å²) in [6, 6.07) is 0. The van der Waals surface area contributed by atoms with E-state index >= 15 is 0 Å². The molecule has 0 fully saturated rings. The van der Waals surface area contributed by atoms with E-state index < -0.39 is 10.4 Å². The Morgan fingerprint density at radius 1 is 1.62 bits per heavy atom. The van der Waals surface area contributed by atoms with Gasteiger partial charge in [0.1, 0.15) is 0 Å². The van der Waals surface area contributed by atoms with Crippen LogP contribution < -0.4 is 0 Å². The molecule has 0 aromatic rings. The zero-order chi connectivity index (χ0) is 6.20. The Labute approximate surface area is 57.4 Å². The Hall–Kier alpha value is 0.520. The average molecular weight is 176 g/mol. The fourth-order valence-electron chi connectivity index (χ4n) is 0.186. The molecule has 1 heterocycles. The molecule has 8 heavy (non-hydrogen) atoms. The second kappa shape index (κ2) is 2.04. The van der Waals surface area contributed by atoms with Crippen molar-refractivity contribution in [3.63, 3.8) is 0 Å². The van der Waals surface area contributed by atoms with E-state index in [1.54, 1.807) is 0 Å². The van der Waals surface area contributed by atoms with Gasteiger partial charge in [-0.1, -0.05) is 11.6 Å². The van der Waals surface area contributed by atoms with Crippen molar-refractivity contribution < 1.29 is 8.78 Å². The lowest BCUT2D eigenvalue weighted by Crippen LogP contribution is -2.13. The van der Waals surface area contributed by atoms with Crippen molar-refractivity contribution in [2.24, 2.45) is 4.40 Å². The lowest BCUT2D eigenvalue weighted by Gasteiger charge is -2.00. The van der Waals surface area contributed by atoms with E-state index in [4.69, 9.17) is 11.6 Å². The van der Waals surface area contributed by atoms with Gasteiger partial charge in [0.05, 0.1) is 11.0 Å². The molecule has 0 aliphatic carbocycles. The minimum atomic E-state index is -2.95. The predicted molar refractivity (Wildman–Crippen MR) is 33.4 cm³/mol. The first-order chi connectivity index (χ1) is 3.63. The molecular formula is C2ClF2NS2. The maximum Gasteiger partial charge on any atom is 0.358 e. The Morgan fingerprint density at radius 2 is 2.25 bits per heavy atom. The molecule has 0 N–H and O–H groups in total. The van der Waals surface area contributed by atoms with Crippen LogP contribution in [0.5, 0.6) is 0 Å². The minimum absolute atomic E-state index is 0.355. The van der Waals surface area contributed by atoms with Gasteiger partial charge in [-0.15, -0.1) is 0 Å². The molecule has 0 amide bonds. The monoisotopic (exact) mass is 175 g/mol. The quantitative estimate of drug-likeness (QED) is 0.414. The molecule has 1 aliphatic rings. The highest BCUT2D eigenvalue weighted by Gasteiger charge is 2.41. The van der Waals surface area contributed by atoms with Crippen molar-refractivity contribution in [1.82, 2.24) is 0 Å². The summed E-state index contributed by atoms with van der Waals surface area (Å²) < 4.78 is 27.2. The van der Waals surface area contributed by atoms with Gasteiger partial charge in [-0.05, 0) is 0 Å². The lowest BCUT2D eigenvalue weighted by molar-refractivity contribution is 0.191. The molecule has 0 saturated carbocycles. The molecule has 0 unspecified atom stereocenters. The van der Waals surface area contributed by atoms with Crippen LogP contribution >= 0.6 is 33.4 Å². The Bertz CT molecular complexity index is 136. The molecule has 0 bridgehead atoms. The van der Waals surface area contributed by atoms with Crippen molar-refractivity contribution in [3.8, 4) is 0 Å². The van der Waals surface area contributed by atoms with E-state index in [0.717, 1.165) is 0 Å². The zero-order valence-electron chi connectivity index (χ0n) is 3.40. The van der Waals surface area contributed by atoms with Gasteiger partial charge in [0.25, 0.3) is 0 Å². The Kier molecular flexibility index (Phi) is 1.69. The fraction of sp³-hybridized carbons (Fsp3) is 0.500. The van der Waals surface area contributed by atoms with E-state index in [9.17, 15) is 8.78 Å². The summed E-state index contributed by atoms with van der Waals surface area (Å²) in [6.07, 6.45) is 0. The van der Waals surface area contributed by atoms with Crippen molar-refractivity contribution in [2.75, 3.05) is 0 Å². The summed E-state index contributed by atoms with van der Waals surface area (Å²) in [5.74, 6) is 0. The number of hydrogen-bond acceptors (Lipinski definition) is 3. The molecular weight excluding hydrogens is 176 g/mol. The number of rotatable bonds is 0. The maximum absolute atomic E-state index is 12.0. The zero-order valence-corrected chi connectivity index (χ0v) is 5.79. The van der Waals surface area contributed by atoms with Gasteiger partial charge in [-0.3, -0.25) is 0 Å². The van der Waals surface area contributed by atoms with Crippen LogP contribution in [0.4, 0.5) is 8.78 Å². The van der Waals surface area contributed by atoms with Crippen LogP contribution in [-0.2, 0) is 0 Å². The topological polar surface area (TPSA) is 12.4 Å². The molecule has 1 rings (SSSR count). The largest absolute Gasteiger partial charge is 0.358 e. The van der Waals surface area contributed by atoms with Crippen LogP contribution in [0.25, 0.3) is 0 Å². The van der Waals surface area contributed by atoms with Crippen LogP contribution in [0.3, 0.4) is 0 Å². The second-order valence-electron chi connectivity index (χ2n) is 1.06. The van der Waals surface area contributed by atoms with Crippen LogP contribution in [0.1, 0.15) is 0 Å². The van der Waals surface area contributed by atoms with Gasteiger partial charge < -0.3 is 0 Å². The van der Waals surface area contributed by atoms with Gasteiger partial charge in [0.2, 0.25) is 0 Å². The van der Waals surface area contributed by atoms with Crippen LogP contribution in [0.2, 0.25) is 0 Å². The van der Waals surface area contributed by atoms with E-state index in [-0.39, 0.29) is 0 Å². The average Bonchev–Trinajstić information content (AvgIpc) is 1.86. The van der Waals surface area contributed by atoms with Crippen LogP contribution in [0.15, 0.2) is 4.40 Å². The molecule has 1 aliphatic heterocycles. The number of hydrogen-bond donors (Lipinski definition) is 0. The van der Waals surface area contributed by atoms with E-state index in [1.807, 2.05) is 0 Å². The third-order valence-electron chi connectivity index (χ3n) is 0.500. The van der Waals surface area contributed by atoms with Crippen molar-refractivity contribution in [1.29, 1.82) is 0 Å². The standard InChI is InChI=1S/C2ClF2NS2/c3-1-2(4,5)7-8-6-1. The minimum Gasteiger partial charge on any atom is -0.190 e. The van der Waals surface area contributed by atoms with E-state index in [2.05, 4.69) is 4.40 Å². The summed E-state index contributed by atoms with van der Waals surface area (Å²) in [4.78, 5) is 0. The first-order valence-corrected chi connectivity index (χ1v) is 4.08. The first kappa shape index (κ1) is 6.64. The number of alkyl halides is 2. The van der Waals surface area contributed by atoms with Crippen LogP contribution in [-0.4, -0.2) is 10.4 Å². The van der Waals surface area contributed by atoms with Gasteiger partial charge >= 0.3 is 5.25 Å². The molecule has 6 heteroatoms. The molecule has 0 radical (unpaired) electrons. The molecule has 1 nitrogen and oxygen atoms in total. The molecule has 0 atom stereocenters. The number of nitrogens with zero attached hydrogens (tertiary/aromatic N) is 1. The summed E-state index contributed by atoms with van der Waals surface area (Å²) >= 11 is 4.96. The summed E-state index contributed by atoms with van der Waals surface area (Å²) in [5, 5.41) is -3.57. The molecule has 0 spiro atoms. The lowest BCUT2D eigenvalue weighted by atomic mass is 10.8. The van der Waals surface area contributed by atoms with E-state index in [1.165, 1.54) is 0 Å². The van der Waals surface area contributed by atoms with Crippen molar-refractivity contribution >= 4 is 38.5 Å². The fourth-order valence-corrected chi connectivity index (χ4v) is 2.00. The molecule has 0 saturated heterocycles. The van der Waals surface area contributed by atoms with Gasteiger partial charge in [0, 0.05) is 10.8 Å². The maximum atomic E-state index is 12.0. The van der Waals surface area contributed by atoms with Crippen molar-refractivity contribution in [3.05, 3.63) is 0 Å². The summed E-state index contributed by atoms with van der Waals surface area (Å²) in [5.41, 5.74) is 0. The predicted octanol–water partition coefficient (Wildman–Crippen LogP) is 2.53. The van der Waals surface area contributed by atoms with Crippen molar-refractivity contribution in [2.45, 2.75) is 5.25 Å². The smallest absolute Gasteiger partial charge is 0.190 e. The molecule has 0 aromatic carbocycles. The molecule has 0 aromatic heterocycles. The Morgan fingerprint density at radius 3 is 2.38 bits per heavy atom. The highest BCUT2D eigenvalue weighted by Crippen LogP contribution is 2.47. The number of halogens is 3. The summed E-state index contributed by atoms with van der Waals surface area (Å²) in [7, 11) is 1.07. The van der Waals surface area contributed by atoms with Crippen LogP contribution in [0, 0.1) is 0 Å². The van der Waals surface area contributed by atoms with E-state index in [0.29, 0.717) is 21.8 Å². The second-order valence-corrected chi connectivity index (χ2v) is 3.37.